The van der Waals surface area contributed by atoms with E-state index < -0.39 is 11.2 Å². The second-order valence-electron chi connectivity index (χ2n) is 5.25. The minimum atomic E-state index is -0.439. The second kappa shape index (κ2) is 4.48. The van der Waals surface area contributed by atoms with Crippen molar-refractivity contribution in [2.75, 3.05) is 38.1 Å². The number of nitrogens with one attached hydrogen (secondary N) is 1. The zero-order chi connectivity index (χ0) is 14.4. The number of nitrogens with zero attached hydrogens (tertiary/aromatic N) is 5. The van der Waals surface area contributed by atoms with Gasteiger partial charge in [-0.2, -0.15) is 4.98 Å². The maximum atomic E-state index is 12.0. The van der Waals surface area contributed by atoms with Crippen LogP contribution in [0.25, 0.3) is 11.2 Å². The summed E-state index contributed by atoms with van der Waals surface area (Å²) in [6.45, 7) is 3.63. The maximum absolute atomic E-state index is 12.0. The van der Waals surface area contributed by atoms with E-state index in [4.69, 9.17) is 0 Å². The topological polar surface area (TPSA) is 79.2 Å². The van der Waals surface area contributed by atoms with Gasteiger partial charge in [-0.25, -0.2) is 4.79 Å². The van der Waals surface area contributed by atoms with Gasteiger partial charge in [0.25, 0.3) is 5.56 Å². The second-order valence-corrected chi connectivity index (χ2v) is 5.25. The van der Waals surface area contributed by atoms with Crippen molar-refractivity contribution in [3.05, 3.63) is 20.8 Å². The molecule has 2 aromatic heterocycles. The highest BCUT2D eigenvalue weighted by atomic mass is 16.2. The molecule has 1 aliphatic heterocycles. The molecule has 20 heavy (non-hydrogen) atoms. The van der Waals surface area contributed by atoms with Crippen LogP contribution in [0.2, 0.25) is 0 Å². The average molecular weight is 278 g/mol. The van der Waals surface area contributed by atoms with Crippen molar-refractivity contribution >= 4 is 17.1 Å². The molecular formula is C12H18N6O2. The van der Waals surface area contributed by atoms with E-state index in [1.165, 1.54) is 4.57 Å². The molecule has 2 aromatic rings. The molecule has 3 heterocycles. The molecule has 0 unspecified atom stereocenters. The third kappa shape index (κ3) is 1.83. The van der Waals surface area contributed by atoms with Gasteiger partial charge >= 0.3 is 5.69 Å². The fourth-order valence-corrected chi connectivity index (χ4v) is 2.59. The van der Waals surface area contributed by atoms with E-state index in [1.54, 1.807) is 11.6 Å². The zero-order valence-electron chi connectivity index (χ0n) is 11.9. The SMILES string of the molecule is CN1CCN(c2nc3c(c(=O)[nH]c(=O)n3C)n2C)CC1. The lowest BCUT2D eigenvalue weighted by atomic mass is 10.3. The van der Waals surface area contributed by atoms with Crippen LogP contribution in [0.3, 0.4) is 0 Å². The molecule has 0 aliphatic carbocycles. The summed E-state index contributed by atoms with van der Waals surface area (Å²) in [6.07, 6.45) is 0. The molecule has 0 amide bonds. The Hall–Kier alpha value is -2.09. The van der Waals surface area contributed by atoms with E-state index in [-0.39, 0.29) is 0 Å². The Morgan fingerprint density at radius 2 is 1.65 bits per heavy atom. The first kappa shape index (κ1) is 12.9. The molecule has 108 valence electrons. The van der Waals surface area contributed by atoms with Crippen LogP contribution in [0, 0.1) is 0 Å². The average Bonchev–Trinajstić information content (AvgIpc) is 2.76. The summed E-state index contributed by atoms with van der Waals surface area (Å²) >= 11 is 0. The van der Waals surface area contributed by atoms with Crippen molar-refractivity contribution in [2.45, 2.75) is 0 Å². The number of H-pyrrole nitrogens is 1. The van der Waals surface area contributed by atoms with Crippen LogP contribution < -0.4 is 16.1 Å². The van der Waals surface area contributed by atoms with Crippen molar-refractivity contribution in [2.24, 2.45) is 14.1 Å². The molecule has 1 N–H and O–H groups in total. The van der Waals surface area contributed by atoms with Crippen molar-refractivity contribution in [1.29, 1.82) is 0 Å². The predicted octanol–water partition coefficient (Wildman–Crippen LogP) is -1.29. The van der Waals surface area contributed by atoms with Gasteiger partial charge in [0.15, 0.2) is 11.2 Å². The Labute approximate surface area is 115 Å². The fourth-order valence-electron chi connectivity index (χ4n) is 2.59. The molecule has 0 radical (unpaired) electrons. The number of imidazole rings is 1. The normalized spacial score (nSPS) is 17.1. The molecule has 1 saturated heterocycles. The summed E-state index contributed by atoms with van der Waals surface area (Å²) in [7, 11) is 5.50. The Kier molecular flexibility index (Phi) is 2.89. The van der Waals surface area contributed by atoms with Crippen LogP contribution in [0.15, 0.2) is 9.59 Å². The van der Waals surface area contributed by atoms with Crippen molar-refractivity contribution in [3.8, 4) is 0 Å². The summed E-state index contributed by atoms with van der Waals surface area (Å²) < 4.78 is 3.13. The van der Waals surface area contributed by atoms with Crippen LogP contribution in [0.1, 0.15) is 0 Å². The summed E-state index contributed by atoms with van der Waals surface area (Å²) in [5.41, 5.74) is 0.0280. The number of fused-ring (bicyclic) bond motifs is 1. The standard InChI is InChI=1S/C12H18N6O2/c1-15-4-6-18(7-5-15)11-13-9-8(16(11)2)10(19)14-12(20)17(9)3/h4-7H2,1-3H3,(H,14,19,20). The molecule has 0 saturated carbocycles. The molecule has 0 spiro atoms. The molecule has 3 rings (SSSR count). The lowest BCUT2D eigenvalue weighted by Crippen LogP contribution is -2.45. The highest BCUT2D eigenvalue weighted by Gasteiger charge is 2.21. The van der Waals surface area contributed by atoms with Gasteiger partial charge in [-0.3, -0.25) is 14.3 Å². The Balaban J connectivity index is 2.16. The van der Waals surface area contributed by atoms with Crippen LogP contribution in [0.4, 0.5) is 5.95 Å². The first-order chi connectivity index (χ1) is 9.49. The first-order valence-corrected chi connectivity index (χ1v) is 6.58. The van der Waals surface area contributed by atoms with Crippen LogP contribution in [-0.4, -0.2) is 57.2 Å². The third-order valence-electron chi connectivity index (χ3n) is 3.90. The number of piperazine rings is 1. The molecule has 0 atom stereocenters. The molecule has 1 fully saturated rings. The minimum Gasteiger partial charge on any atom is -0.340 e. The van der Waals surface area contributed by atoms with Gasteiger partial charge in [-0.15, -0.1) is 0 Å². The number of aryl methyl sites for hydroxylation is 2. The number of hydrogen-bond donors (Lipinski definition) is 1. The predicted molar refractivity (Wildman–Crippen MR) is 76.3 cm³/mol. The van der Waals surface area contributed by atoms with Gasteiger partial charge in [0.2, 0.25) is 5.95 Å². The van der Waals surface area contributed by atoms with E-state index in [1.807, 2.05) is 7.05 Å². The molecule has 0 aromatic carbocycles. The molecule has 8 heteroatoms. The first-order valence-electron chi connectivity index (χ1n) is 6.58. The van der Waals surface area contributed by atoms with E-state index in [0.717, 1.165) is 32.1 Å². The lowest BCUT2D eigenvalue weighted by Gasteiger charge is -2.32. The number of rotatable bonds is 1. The monoisotopic (exact) mass is 278 g/mol. The number of aromatic nitrogens is 4. The van der Waals surface area contributed by atoms with E-state index in [9.17, 15) is 9.59 Å². The summed E-state index contributed by atoms with van der Waals surface area (Å²) in [4.78, 5) is 34.8. The Morgan fingerprint density at radius 3 is 2.30 bits per heavy atom. The number of hydrogen-bond acceptors (Lipinski definition) is 5. The third-order valence-corrected chi connectivity index (χ3v) is 3.90. The van der Waals surface area contributed by atoms with Crippen molar-refractivity contribution in [1.82, 2.24) is 24.0 Å². The van der Waals surface area contributed by atoms with Crippen molar-refractivity contribution in [3.63, 3.8) is 0 Å². The highest BCUT2D eigenvalue weighted by Crippen LogP contribution is 2.18. The van der Waals surface area contributed by atoms with Gasteiger partial charge < -0.3 is 14.4 Å². The van der Waals surface area contributed by atoms with E-state index in [0.29, 0.717) is 11.2 Å². The zero-order valence-corrected chi connectivity index (χ0v) is 11.9. The summed E-state index contributed by atoms with van der Waals surface area (Å²) in [6, 6.07) is 0. The van der Waals surface area contributed by atoms with Crippen LogP contribution in [-0.2, 0) is 14.1 Å². The quantitative estimate of drug-likeness (QED) is 0.702. The van der Waals surface area contributed by atoms with Crippen LogP contribution >= 0.6 is 0 Å². The van der Waals surface area contributed by atoms with E-state index >= 15 is 0 Å². The minimum absolute atomic E-state index is 0.390. The Morgan fingerprint density at radius 1 is 1.00 bits per heavy atom. The van der Waals surface area contributed by atoms with Gasteiger partial charge in [-0.05, 0) is 7.05 Å². The molecule has 8 nitrogen and oxygen atoms in total. The van der Waals surface area contributed by atoms with E-state index in [2.05, 4.69) is 26.8 Å². The lowest BCUT2D eigenvalue weighted by molar-refractivity contribution is 0.310. The van der Waals surface area contributed by atoms with Crippen molar-refractivity contribution < 1.29 is 0 Å². The van der Waals surface area contributed by atoms with Crippen LogP contribution in [0.5, 0.6) is 0 Å². The molecule has 1 aliphatic rings. The Bertz CT molecular complexity index is 763. The number of anilines is 1. The fraction of sp³-hybridized carbons (Fsp3) is 0.583. The molecule has 0 bridgehead atoms. The number of aromatic amines is 1. The number of likely N-dealkylation sites (N-methyl/N-ethyl adjacent to an activating group) is 1. The van der Waals surface area contributed by atoms with Gasteiger partial charge in [-0.1, -0.05) is 0 Å². The molecular weight excluding hydrogens is 260 g/mol. The largest absolute Gasteiger partial charge is 0.340 e. The maximum Gasteiger partial charge on any atom is 0.329 e. The summed E-state index contributed by atoms with van der Waals surface area (Å²) in [5, 5.41) is 0. The smallest absolute Gasteiger partial charge is 0.329 e. The highest BCUT2D eigenvalue weighted by molar-refractivity contribution is 5.74. The van der Waals surface area contributed by atoms with Gasteiger partial charge in [0.1, 0.15) is 0 Å². The summed E-state index contributed by atoms with van der Waals surface area (Å²) in [5.74, 6) is 0.736. The van der Waals surface area contributed by atoms with Gasteiger partial charge in [0.05, 0.1) is 0 Å². The van der Waals surface area contributed by atoms with Gasteiger partial charge in [0, 0.05) is 40.3 Å².